The number of aliphatic hydroxyl groups is 1. The van der Waals surface area contributed by atoms with E-state index in [9.17, 15) is 5.11 Å². The zero-order chi connectivity index (χ0) is 26.3. The van der Waals surface area contributed by atoms with Crippen molar-refractivity contribution in [2.45, 2.75) is 136 Å². The zero-order valence-corrected chi connectivity index (χ0v) is 23.4. The average Bonchev–Trinajstić information content (AvgIpc) is 2.87. The molecule has 0 spiro atoms. The molecule has 0 aliphatic carbocycles. The van der Waals surface area contributed by atoms with E-state index in [2.05, 4.69) is 11.8 Å². The summed E-state index contributed by atoms with van der Waals surface area (Å²) in [7, 11) is 0. The highest BCUT2D eigenvalue weighted by Gasteiger charge is 2.13. The molecule has 1 N–H and O–H groups in total. The van der Waals surface area contributed by atoms with Gasteiger partial charge < -0.3 is 19.3 Å². The van der Waals surface area contributed by atoms with Gasteiger partial charge in [0.25, 0.3) is 0 Å². The van der Waals surface area contributed by atoms with Crippen LogP contribution >= 0.6 is 0 Å². The average molecular weight is 504 g/mol. The van der Waals surface area contributed by atoms with Crippen molar-refractivity contribution in [3.8, 4) is 11.5 Å². The predicted octanol–water partition coefficient (Wildman–Crippen LogP) is 9.04. The number of ether oxygens (including phenoxy) is 3. The largest absolute Gasteiger partial charge is 0.502 e. The Morgan fingerprint density at radius 1 is 0.778 bits per heavy atom. The van der Waals surface area contributed by atoms with Crippen LogP contribution in [0, 0.1) is 6.57 Å². The lowest BCUT2D eigenvalue weighted by atomic mass is 10.0. The van der Waals surface area contributed by atoms with E-state index >= 15 is 0 Å². The summed E-state index contributed by atoms with van der Waals surface area (Å²) < 4.78 is 17.3. The van der Waals surface area contributed by atoms with E-state index in [0.29, 0.717) is 30.4 Å². The Hall–Kier alpha value is -1.77. The van der Waals surface area contributed by atoms with Crippen LogP contribution in [0.25, 0.3) is 4.85 Å². The fourth-order valence-electron chi connectivity index (χ4n) is 4.29. The second kappa shape index (κ2) is 22.4. The van der Waals surface area contributed by atoms with E-state index in [1.54, 1.807) is 18.2 Å². The fourth-order valence-corrected chi connectivity index (χ4v) is 4.29. The Labute approximate surface area is 221 Å². The molecular formula is C31H53NO4. The maximum absolute atomic E-state index is 9.66. The van der Waals surface area contributed by atoms with Gasteiger partial charge in [-0.25, -0.2) is 4.85 Å². The number of rotatable bonds is 24. The minimum Gasteiger partial charge on any atom is -0.502 e. The van der Waals surface area contributed by atoms with Gasteiger partial charge in [0.15, 0.2) is 0 Å². The van der Waals surface area contributed by atoms with Crippen LogP contribution in [0.2, 0.25) is 0 Å². The Morgan fingerprint density at radius 3 is 1.78 bits per heavy atom. The zero-order valence-electron chi connectivity index (χ0n) is 23.4. The molecule has 0 saturated heterocycles. The van der Waals surface area contributed by atoms with Crippen LogP contribution < -0.4 is 9.47 Å². The van der Waals surface area contributed by atoms with Gasteiger partial charge >= 0.3 is 0 Å². The van der Waals surface area contributed by atoms with Gasteiger partial charge in [-0.05, 0) is 32.4 Å². The van der Waals surface area contributed by atoms with Crippen LogP contribution in [0.4, 0.5) is 5.69 Å². The Kier molecular flexibility index (Phi) is 20.1. The molecule has 0 fully saturated rings. The first kappa shape index (κ1) is 32.3. The first-order valence-electron chi connectivity index (χ1n) is 14.6. The van der Waals surface area contributed by atoms with Gasteiger partial charge in [0, 0.05) is 12.7 Å². The van der Waals surface area contributed by atoms with Gasteiger partial charge in [0.2, 0.25) is 5.69 Å². The standard InChI is InChI=1S/C31H53NO4/c1-5-6-7-8-9-10-11-12-13-14-15-16-17-18-19-20-23-34-26-29(25-33)36-28-21-22-30(32-4)31(24-28)35-27(2)3/h21-22,24,27,29,33H,5-20,23,25-26H2,1-3H3/t29-/m0/s1. The summed E-state index contributed by atoms with van der Waals surface area (Å²) in [4.78, 5) is 3.49. The van der Waals surface area contributed by atoms with Crippen LogP contribution in [-0.4, -0.2) is 37.1 Å². The van der Waals surface area contributed by atoms with E-state index in [1.165, 1.54) is 96.3 Å². The second-order valence-corrected chi connectivity index (χ2v) is 10.2. The molecule has 0 aliphatic heterocycles. The third-order valence-electron chi connectivity index (χ3n) is 6.37. The molecule has 1 aromatic rings. The van der Waals surface area contributed by atoms with E-state index in [-0.39, 0.29) is 12.7 Å². The lowest BCUT2D eigenvalue weighted by molar-refractivity contribution is 0.0187. The summed E-state index contributed by atoms with van der Waals surface area (Å²) >= 11 is 0. The molecular weight excluding hydrogens is 450 g/mol. The molecule has 0 bridgehead atoms. The monoisotopic (exact) mass is 503 g/mol. The number of aliphatic hydroxyl groups excluding tert-OH is 1. The van der Waals surface area contributed by atoms with Crippen molar-refractivity contribution in [2.75, 3.05) is 19.8 Å². The van der Waals surface area contributed by atoms with Crippen molar-refractivity contribution in [3.05, 3.63) is 29.6 Å². The van der Waals surface area contributed by atoms with Gasteiger partial charge in [0.1, 0.15) is 17.6 Å². The van der Waals surface area contributed by atoms with E-state index in [1.807, 2.05) is 13.8 Å². The third-order valence-corrected chi connectivity index (χ3v) is 6.37. The number of nitrogens with zero attached hydrogens (tertiary/aromatic N) is 1. The molecule has 0 aliphatic rings. The first-order valence-corrected chi connectivity index (χ1v) is 14.6. The minimum atomic E-state index is -0.434. The highest BCUT2D eigenvalue weighted by Crippen LogP contribution is 2.33. The van der Waals surface area contributed by atoms with Crippen molar-refractivity contribution in [3.63, 3.8) is 0 Å². The normalized spacial score (nSPS) is 12.0. The highest BCUT2D eigenvalue weighted by molar-refractivity contribution is 5.60. The van der Waals surface area contributed by atoms with Crippen molar-refractivity contribution in [1.29, 1.82) is 0 Å². The number of benzene rings is 1. The minimum absolute atomic E-state index is 0.0302. The molecule has 206 valence electrons. The molecule has 1 aromatic carbocycles. The van der Waals surface area contributed by atoms with Gasteiger partial charge in [-0.2, -0.15) is 0 Å². The highest BCUT2D eigenvalue weighted by atomic mass is 16.5. The topological polar surface area (TPSA) is 52.3 Å². The second-order valence-electron chi connectivity index (χ2n) is 10.2. The summed E-state index contributed by atoms with van der Waals surface area (Å²) in [5.74, 6) is 1.08. The van der Waals surface area contributed by atoms with Crippen LogP contribution in [-0.2, 0) is 4.74 Å². The maximum atomic E-state index is 9.66. The molecule has 0 saturated carbocycles. The molecule has 1 atom stereocenters. The lowest BCUT2D eigenvalue weighted by Crippen LogP contribution is -2.27. The quantitative estimate of drug-likeness (QED) is 0.113. The van der Waals surface area contributed by atoms with E-state index in [4.69, 9.17) is 20.8 Å². The SMILES string of the molecule is [C-]#[N+]c1ccc(O[C@@H](CO)COCCCCCCCCCCCCCCCCCC)cc1OC(C)C. The summed E-state index contributed by atoms with van der Waals surface area (Å²) in [6, 6.07) is 5.14. The van der Waals surface area contributed by atoms with Crippen molar-refractivity contribution in [2.24, 2.45) is 0 Å². The van der Waals surface area contributed by atoms with Crippen LogP contribution in [0.5, 0.6) is 11.5 Å². The number of hydrogen-bond donors (Lipinski definition) is 1. The van der Waals surface area contributed by atoms with E-state index in [0.717, 1.165) is 6.42 Å². The molecule has 5 nitrogen and oxygen atoms in total. The lowest BCUT2D eigenvalue weighted by Gasteiger charge is -2.19. The fraction of sp³-hybridized carbons (Fsp3) is 0.774. The maximum Gasteiger partial charge on any atom is 0.228 e. The van der Waals surface area contributed by atoms with Crippen LogP contribution in [0.15, 0.2) is 18.2 Å². The Balaban J connectivity index is 2.01. The third kappa shape index (κ3) is 16.8. The van der Waals surface area contributed by atoms with Crippen molar-refractivity contribution < 1.29 is 19.3 Å². The Morgan fingerprint density at radius 2 is 1.31 bits per heavy atom. The smallest absolute Gasteiger partial charge is 0.228 e. The molecule has 36 heavy (non-hydrogen) atoms. The van der Waals surface area contributed by atoms with Gasteiger partial charge in [-0.1, -0.05) is 103 Å². The number of unbranched alkanes of at least 4 members (excludes halogenated alkanes) is 15. The van der Waals surface area contributed by atoms with E-state index < -0.39 is 6.10 Å². The molecule has 0 unspecified atom stereocenters. The number of hydrogen-bond acceptors (Lipinski definition) is 4. The molecule has 1 rings (SSSR count). The Bertz CT molecular complexity index is 686. The van der Waals surface area contributed by atoms with Crippen molar-refractivity contribution >= 4 is 5.69 Å². The van der Waals surface area contributed by atoms with Crippen LogP contribution in [0.3, 0.4) is 0 Å². The molecule has 5 heteroatoms. The van der Waals surface area contributed by atoms with Crippen LogP contribution in [0.1, 0.15) is 124 Å². The van der Waals surface area contributed by atoms with Gasteiger partial charge in [-0.3, -0.25) is 0 Å². The summed E-state index contributed by atoms with van der Waals surface area (Å²) in [5.41, 5.74) is 0.455. The predicted molar refractivity (Wildman–Crippen MR) is 150 cm³/mol. The van der Waals surface area contributed by atoms with Gasteiger partial charge in [-0.15, -0.1) is 0 Å². The van der Waals surface area contributed by atoms with Gasteiger partial charge in [0.05, 0.1) is 25.9 Å². The summed E-state index contributed by atoms with van der Waals surface area (Å²) in [6.07, 6.45) is 21.2. The summed E-state index contributed by atoms with van der Waals surface area (Å²) in [6.45, 7) is 14.3. The molecule has 0 aromatic heterocycles. The molecule has 0 radical (unpaired) electrons. The molecule has 0 amide bonds. The molecule has 0 heterocycles. The first-order chi connectivity index (χ1) is 17.6. The van der Waals surface area contributed by atoms with Crippen molar-refractivity contribution in [1.82, 2.24) is 0 Å². The summed E-state index contributed by atoms with van der Waals surface area (Å²) in [5, 5.41) is 9.66.